The van der Waals surface area contributed by atoms with E-state index in [1.165, 1.54) is 70.6 Å². The Hall–Kier alpha value is -0.193. The summed E-state index contributed by atoms with van der Waals surface area (Å²) in [6.45, 7) is 2.26. The van der Waals surface area contributed by atoms with Crippen LogP contribution < -0.4 is 0 Å². The summed E-state index contributed by atoms with van der Waals surface area (Å²) < 4.78 is 0. The third-order valence-corrected chi connectivity index (χ3v) is 3.65. The molecule has 0 bridgehead atoms. The van der Waals surface area contributed by atoms with Gasteiger partial charge in [-0.2, -0.15) is 0 Å². The first-order valence-corrected chi connectivity index (χ1v) is 8.64. The average molecular weight is 290 g/mol. The second kappa shape index (κ2) is 19.8. The van der Waals surface area contributed by atoms with Crippen molar-refractivity contribution in [2.45, 2.75) is 96.8 Å². The van der Waals surface area contributed by atoms with E-state index in [1.807, 2.05) is 0 Å². The molecule has 2 nitrogen and oxygen atoms in total. The van der Waals surface area contributed by atoms with Crippen LogP contribution in [0.2, 0.25) is 0 Å². The predicted octanol–water partition coefficient (Wildman–Crippen LogP) is 5.46. The van der Waals surface area contributed by atoms with E-state index < -0.39 is 5.97 Å². The van der Waals surface area contributed by atoms with Crippen LogP contribution in [0.5, 0.6) is 0 Å². The number of carbonyl (C=O) groups is 1. The molecule has 21 heavy (non-hydrogen) atoms. The third-order valence-electron chi connectivity index (χ3n) is 3.65. The Morgan fingerprint density at radius 3 is 1.67 bits per heavy atom. The summed E-state index contributed by atoms with van der Waals surface area (Å²) in [5, 5.41) is 8.51. The maximum atomic E-state index is 10.3. The van der Waals surface area contributed by atoms with Gasteiger partial charge >= 0.3 is 24.8 Å². The second-order valence-corrected chi connectivity index (χ2v) is 5.73. The summed E-state index contributed by atoms with van der Waals surface area (Å²) in [7, 11) is 0. The van der Waals surface area contributed by atoms with E-state index in [1.54, 1.807) is 0 Å². The fourth-order valence-electron chi connectivity index (χ4n) is 2.35. The molecule has 0 saturated heterocycles. The van der Waals surface area contributed by atoms with Crippen LogP contribution in [0.25, 0.3) is 0 Å². The summed E-state index contributed by atoms with van der Waals surface area (Å²) in [6.07, 6.45) is 21.2. The van der Waals surface area contributed by atoms with E-state index in [4.69, 9.17) is 5.11 Å². The summed E-state index contributed by atoms with van der Waals surface area (Å²) >= 11 is 0. The number of allylic oxidation sites excluding steroid dienone is 2. The number of carboxylic acids is 1. The maximum absolute atomic E-state index is 10.3. The number of aliphatic carboxylic acids is 1. The Bertz CT molecular complexity index is 239. The molecule has 0 aliphatic heterocycles. The molecule has 0 fully saturated rings. The molecule has 1 N–H and O–H groups in total. The van der Waals surface area contributed by atoms with E-state index in [2.05, 4.69) is 19.1 Å². The van der Waals surface area contributed by atoms with Crippen LogP contribution in [0.4, 0.5) is 0 Å². The van der Waals surface area contributed by atoms with Crippen LogP contribution in [0, 0.1) is 0 Å². The van der Waals surface area contributed by atoms with Gasteiger partial charge in [0.2, 0.25) is 0 Å². The van der Waals surface area contributed by atoms with Crippen molar-refractivity contribution in [1.82, 2.24) is 0 Å². The third kappa shape index (κ3) is 22.2. The second-order valence-electron chi connectivity index (χ2n) is 5.73. The molecule has 0 aromatic heterocycles. The average Bonchev–Trinajstić information content (AvgIpc) is 2.43. The van der Waals surface area contributed by atoms with Crippen molar-refractivity contribution in [1.29, 1.82) is 0 Å². The van der Waals surface area contributed by atoms with Gasteiger partial charge in [-0.05, 0) is 32.1 Å². The Kier molecular flexibility index (Phi) is 21.8. The van der Waals surface area contributed by atoms with Crippen molar-refractivity contribution in [3.63, 3.8) is 0 Å². The van der Waals surface area contributed by atoms with Gasteiger partial charge in [-0.25, -0.2) is 0 Å². The number of unbranched alkanes of at least 4 members (excludes halogenated alkanes) is 11. The quantitative estimate of drug-likeness (QED) is 0.247. The van der Waals surface area contributed by atoms with Crippen molar-refractivity contribution >= 4 is 24.8 Å². The predicted molar refractivity (Wildman–Crippen MR) is 94.2 cm³/mol. The van der Waals surface area contributed by atoms with E-state index in [0.29, 0.717) is 6.42 Å². The summed E-state index contributed by atoms with van der Waals surface area (Å²) in [6, 6.07) is 0. The minimum absolute atomic E-state index is 0. The first-order valence-electron chi connectivity index (χ1n) is 8.64. The Labute approximate surface area is 144 Å². The fourth-order valence-corrected chi connectivity index (χ4v) is 2.35. The topological polar surface area (TPSA) is 37.3 Å². The molecule has 0 atom stereocenters. The molecule has 0 unspecified atom stereocenters. The normalized spacial score (nSPS) is 10.7. The number of hydrogen-bond donors (Lipinski definition) is 1. The van der Waals surface area contributed by atoms with Gasteiger partial charge in [0, 0.05) is 6.42 Å². The molecule has 0 aliphatic carbocycles. The molecule has 0 saturated carbocycles. The van der Waals surface area contributed by atoms with E-state index >= 15 is 0 Å². The van der Waals surface area contributed by atoms with Crippen LogP contribution >= 0.6 is 0 Å². The van der Waals surface area contributed by atoms with Crippen LogP contribution in [-0.2, 0) is 4.79 Å². The summed E-state index contributed by atoms with van der Waals surface area (Å²) in [5.41, 5.74) is 0. The molecule has 0 aromatic carbocycles. The summed E-state index contributed by atoms with van der Waals surface area (Å²) in [5.74, 6) is -0.664. The van der Waals surface area contributed by atoms with Crippen molar-refractivity contribution in [3.05, 3.63) is 12.2 Å². The molecule has 0 rings (SSSR count). The van der Waals surface area contributed by atoms with Gasteiger partial charge in [0.25, 0.3) is 0 Å². The van der Waals surface area contributed by atoms with Crippen LogP contribution in [0.3, 0.4) is 0 Å². The molecular formula is C18H35LiO2. The van der Waals surface area contributed by atoms with Gasteiger partial charge < -0.3 is 5.11 Å². The van der Waals surface area contributed by atoms with Crippen molar-refractivity contribution in [2.24, 2.45) is 0 Å². The molecule has 3 heteroatoms. The monoisotopic (exact) mass is 290 g/mol. The Morgan fingerprint density at radius 2 is 1.19 bits per heavy atom. The van der Waals surface area contributed by atoms with Gasteiger partial charge in [-0.3, -0.25) is 4.79 Å². The molecule has 0 heterocycles. The van der Waals surface area contributed by atoms with E-state index in [-0.39, 0.29) is 18.9 Å². The van der Waals surface area contributed by atoms with Crippen molar-refractivity contribution in [3.8, 4) is 0 Å². The SMILES string of the molecule is CCCCCCCC/C=C/CCCCCCCC(=O)O.[LiH]. The van der Waals surface area contributed by atoms with Crippen LogP contribution in [-0.4, -0.2) is 29.9 Å². The zero-order chi connectivity index (χ0) is 14.9. The van der Waals surface area contributed by atoms with E-state index in [9.17, 15) is 4.79 Å². The molecular weight excluding hydrogens is 255 g/mol. The molecule has 0 aromatic rings. The first kappa shape index (κ1) is 23.1. The minimum atomic E-state index is -0.664. The standard InChI is InChI=1S/C18H34O2.Li.H/c1-2-3-4-5-6-7-8-9-10-11-12-13-14-15-16-17-18(19)20;;/h9-10H,2-8,11-17H2,1H3,(H,19,20);;/b10-9+;;. The van der Waals surface area contributed by atoms with E-state index in [0.717, 1.165) is 12.8 Å². The van der Waals surface area contributed by atoms with Crippen molar-refractivity contribution < 1.29 is 9.90 Å². The molecule has 120 valence electrons. The fraction of sp³-hybridized carbons (Fsp3) is 0.833. The first-order chi connectivity index (χ1) is 9.77. The van der Waals surface area contributed by atoms with Crippen LogP contribution in [0.1, 0.15) is 96.8 Å². The zero-order valence-electron chi connectivity index (χ0n) is 13.4. The molecule has 0 radical (unpaired) electrons. The van der Waals surface area contributed by atoms with Gasteiger partial charge in [-0.15, -0.1) is 0 Å². The van der Waals surface area contributed by atoms with Crippen molar-refractivity contribution in [2.75, 3.05) is 0 Å². The van der Waals surface area contributed by atoms with Gasteiger partial charge in [0.15, 0.2) is 0 Å². The van der Waals surface area contributed by atoms with Crippen LogP contribution in [0.15, 0.2) is 12.2 Å². The zero-order valence-corrected chi connectivity index (χ0v) is 13.4. The van der Waals surface area contributed by atoms with Gasteiger partial charge in [-0.1, -0.05) is 70.4 Å². The molecule has 0 aliphatic rings. The molecule has 0 spiro atoms. The Balaban J connectivity index is 0. The Morgan fingerprint density at radius 1 is 0.762 bits per heavy atom. The number of rotatable bonds is 15. The number of carboxylic acid groups (broad SMARTS) is 1. The summed E-state index contributed by atoms with van der Waals surface area (Å²) in [4.78, 5) is 10.3. The molecule has 0 amide bonds. The van der Waals surface area contributed by atoms with Gasteiger partial charge in [0.05, 0.1) is 0 Å². The van der Waals surface area contributed by atoms with Gasteiger partial charge in [0.1, 0.15) is 0 Å². The number of hydrogen-bond acceptors (Lipinski definition) is 1.